The fraction of sp³-hybridized carbons (Fsp3) is 0.136. The average Bonchev–Trinajstić information content (AvgIpc) is 2.61. The second kappa shape index (κ2) is 8.39. The van der Waals surface area contributed by atoms with Crippen molar-refractivity contribution in [3.63, 3.8) is 0 Å². The minimum absolute atomic E-state index is 0.413. The van der Waals surface area contributed by atoms with Gasteiger partial charge in [-0.2, -0.15) is 0 Å². The largest absolute Gasteiger partial charge is 0.486 e. The van der Waals surface area contributed by atoms with E-state index in [1.165, 1.54) is 5.56 Å². The standard InChI is InChI=1S/C22H19Cl2NO/c1-15-8-9-21(16(2)10-15)25-13-18-11-19(23)22(20(24)12-18)26-14-17-6-4-3-5-7-17/h3-13H,14H2,1-2H3. The molecule has 0 aliphatic heterocycles. The van der Waals surface area contributed by atoms with Gasteiger partial charge in [-0.05, 0) is 48.7 Å². The topological polar surface area (TPSA) is 21.6 Å². The number of ether oxygens (including phenoxy) is 1. The molecule has 0 aliphatic carbocycles. The number of aliphatic imine (C=N–C) groups is 1. The fourth-order valence-corrected chi connectivity index (χ4v) is 3.23. The molecule has 0 heterocycles. The third kappa shape index (κ3) is 4.66. The van der Waals surface area contributed by atoms with Crippen molar-refractivity contribution < 1.29 is 4.74 Å². The minimum atomic E-state index is 0.413. The Morgan fingerprint density at radius 2 is 1.62 bits per heavy atom. The van der Waals surface area contributed by atoms with Gasteiger partial charge in [-0.1, -0.05) is 71.2 Å². The van der Waals surface area contributed by atoms with Gasteiger partial charge in [-0.25, -0.2) is 0 Å². The summed E-state index contributed by atoms with van der Waals surface area (Å²) in [6.45, 7) is 4.52. The Bertz CT molecular complexity index is 913. The van der Waals surface area contributed by atoms with Crippen molar-refractivity contribution in [2.75, 3.05) is 0 Å². The Balaban J connectivity index is 1.77. The fourth-order valence-electron chi connectivity index (χ4n) is 2.62. The number of nitrogens with zero attached hydrogens (tertiary/aromatic N) is 1. The van der Waals surface area contributed by atoms with Gasteiger partial charge >= 0.3 is 0 Å². The van der Waals surface area contributed by atoms with Crippen LogP contribution in [0.4, 0.5) is 5.69 Å². The first-order chi connectivity index (χ1) is 12.5. The van der Waals surface area contributed by atoms with E-state index in [4.69, 9.17) is 27.9 Å². The predicted octanol–water partition coefficient (Wildman–Crippen LogP) is 6.94. The Labute approximate surface area is 164 Å². The lowest BCUT2D eigenvalue weighted by Crippen LogP contribution is -1.97. The van der Waals surface area contributed by atoms with E-state index in [0.29, 0.717) is 22.4 Å². The molecule has 0 saturated heterocycles. The molecule has 26 heavy (non-hydrogen) atoms. The van der Waals surface area contributed by atoms with Crippen molar-refractivity contribution in [2.24, 2.45) is 4.99 Å². The first-order valence-corrected chi connectivity index (χ1v) is 9.05. The summed E-state index contributed by atoms with van der Waals surface area (Å²) in [5.41, 5.74) is 5.15. The summed E-state index contributed by atoms with van der Waals surface area (Å²) < 4.78 is 5.80. The van der Waals surface area contributed by atoms with Crippen LogP contribution in [0.15, 0.2) is 65.7 Å². The SMILES string of the molecule is Cc1ccc(N=Cc2cc(Cl)c(OCc3ccccc3)c(Cl)c2)c(C)c1. The maximum Gasteiger partial charge on any atom is 0.157 e. The highest BCUT2D eigenvalue weighted by Gasteiger charge is 2.09. The lowest BCUT2D eigenvalue weighted by atomic mass is 10.1. The van der Waals surface area contributed by atoms with Crippen LogP contribution in [0.25, 0.3) is 0 Å². The lowest BCUT2D eigenvalue weighted by Gasteiger charge is -2.11. The predicted molar refractivity (Wildman–Crippen MR) is 110 cm³/mol. The van der Waals surface area contributed by atoms with E-state index in [1.807, 2.05) is 49.4 Å². The van der Waals surface area contributed by atoms with Crippen LogP contribution in [-0.2, 0) is 6.61 Å². The third-order valence-electron chi connectivity index (χ3n) is 3.95. The molecule has 0 saturated carbocycles. The van der Waals surface area contributed by atoms with Crippen LogP contribution in [-0.4, -0.2) is 6.21 Å². The third-order valence-corrected chi connectivity index (χ3v) is 4.51. The maximum absolute atomic E-state index is 6.36. The molecule has 0 radical (unpaired) electrons. The first kappa shape index (κ1) is 18.5. The van der Waals surface area contributed by atoms with Gasteiger partial charge in [0.15, 0.2) is 5.75 Å². The van der Waals surface area contributed by atoms with Gasteiger partial charge < -0.3 is 4.74 Å². The Morgan fingerprint density at radius 3 is 2.27 bits per heavy atom. The summed E-state index contributed by atoms with van der Waals surface area (Å²) in [7, 11) is 0. The van der Waals surface area contributed by atoms with Crippen LogP contribution < -0.4 is 4.74 Å². The number of aryl methyl sites for hydroxylation is 2. The number of rotatable bonds is 5. The molecule has 0 spiro atoms. The second-order valence-corrected chi connectivity index (χ2v) is 6.95. The Morgan fingerprint density at radius 1 is 0.923 bits per heavy atom. The van der Waals surface area contributed by atoms with E-state index < -0.39 is 0 Å². The van der Waals surface area contributed by atoms with Crippen LogP contribution in [0.5, 0.6) is 5.75 Å². The van der Waals surface area contributed by atoms with Gasteiger partial charge in [0.1, 0.15) is 6.61 Å². The Kier molecular flexibility index (Phi) is 5.97. The molecule has 3 rings (SSSR count). The van der Waals surface area contributed by atoms with Crippen LogP contribution in [0.3, 0.4) is 0 Å². The van der Waals surface area contributed by atoms with Crippen LogP contribution in [0.1, 0.15) is 22.3 Å². The van der Waals surface area contributed by atoms with Crippen molar-refractivity contribution in [1.82, 2.24) is 0 Å². The highest BCUT2D eigenvalue weighted by Crippen LogP contribution is 2.34. The molecule has 0 fully saturated rings. The second-order valence-electron chi connectivity index (χ2n) is 6.14. The summed E-state index contributed by atoms with van der Waals surface area (Å²) in [6, 6.07) is 19.6. The molecule has 3 aromatic rings. The van der Waals surface area contributed by atoms with Gasteiger partial charge in [0.2, 0.25) is 0 Å². The van der Waals surface area contributed by atoms with Crippen molar-refractivity contribution >= 4 is 35.1 Å². The molecule has 0 bridgehead atoms. The Hall–Kier alpha value is -2.29. The molecule has 0 unspecified atom stereocenters. The zero-order valence-electron chi connectivity index (χ0n) is 14.7. The number of benzene rings is 3. The van der Waals surface area contributed by atoms with E-state index in [2.05, 4.69) is 18.0 Å². The quantitative estimate of drug-likeness (QED) is 0.437. The molecule has 3 aromatic carbocycles. The molecular formula is C22H19Cl2NO. The molecule has 2 nitrogen and oxygen atoms in total. The smallest absolute Gasteiger partial charge is 0.157 e. The van der Waals surface area contributed by atoms with E-state index in [1.54, 1.807) is 18.3 Å². The molecule has 132 valence electrons. The van der Waals surface area contributed by atoms with E-state index in [9.17, 15) is 0 Å². The molecule has 0 N–H and O–H groups in total. The van der Waals surface area contributed by atoms with Gasteiger partial charge in [-0.3, -0.25) is 4.99 Å². The van der Waals surface area contributed by atoms with Crippen molar-refractivity contribution in [3.8, 4) is 5.75 Å². The summed E-state index contributed by atoms with van der Waals surface area (Å²) >= 11 is 12.7. The summed E-state index contributed by atoms with van der Waals surface area (Å²) in [5, 5.41) is 0.936. The number of hydrogen-bond donors (Lipinski definition) is 0. The zero-order chi connectivity index (χ0) is 18.5. The maximum atomic E-state index is 6.36. The molecule has 4 heteroatoms. The molecular weight excluding hydrogens is 365 g/mol. The first-order valence-electron chi connectivity index (χ1n) is 8.30. The van der Waals surface area contributed by atoms with Crippen molar-refractivity contribution in [2.45, 2.75) is 20.5 Å². The van der Waals surface area contributed by atoms with Crippen LogP contribution in [0.2, 0.25) is 10.0 Å². The normalized spacial score (nSPS) is 11.1. The highest BCUT2D eigenvalue weighted by molar-refractivity contribution is 6.37. The number of halogens is 2. The van der Waals surface area contributed by atoms with E-state index in [-0.39, 0.29) is 0 Å². The van der Waals surface area contributed by atoms with E-state index >= 15 is 0 Å². The summed E-state index contributed by atoms with van der Waals surface area (Å²) in [6.07, 6.45) is 1.76. The molecule has 0 aliphatic rings. The molecule has 0 aromatic heterocycles. The molecule has 0 amide bonds. The van der Waals surface area contributed by atoms with Crippen molar-refractivity contribution in [1.29, 1.82) is 0 Å². The number of hydrogen-bond acceptors (Lipinski definition) is 2. The average molecular weight is 384 g/mol. The van der Waals surface area contributed by atoms with Crippen LogP contribution >= 0.6 is 23.2 Å². The highest BCUT2D eigenvalue weighted by atomic mass is 35.5. The van der Waals surface area contributed by atoms with Crippen LogP contribution in [0, 0.1) is 13.8 Å². The summed E-state index contributed by atoms with van der Waals surface area (Å²) in [4.78, 5) is 4.54. The summed E-state index contributed by atoms with van der Waals surface area (Å²) in [5.74, 6) is 0.487. The molecule has 0 atom stereocenters. The van der Waals surface area contributed by atoms with Gasteiger partial charge in [0.05, 0.1) is 15.7 Å². The zero-order valence-corrected chi connectivity index (χ0v) is 16.2. The monoisotopic (exact) mass is 383 g/mol. The minimum Gasteiger partial charge on any atom is -0.486 e. The van der Waals surface area contributed by atoms with E-state index in [0.717, 1.165) is 22.4 Å². The van der Waals surface area contributed by atoms with Crippen molar-refractivity contribution in [3.05, 3.63) is 93.0 Å². The van der Waals surface area contributed by atoms with Gasteiger partial charge in [0, 0.05) is 6.21 Å². The van der Waals surface area contributed by atoms with Gasteiger partial charge in [0.25, 0.3) is 0 Å². The lowest BCUT2D eigenvalue weighted by molar-refractivity contribution is 0.306. The van der Waals surface area contributed by atoms with Gasteiger partial charge in [-0.15, -0.1) is 0 Å².